The molecule has 0 saturated carbocycles. The molecule has 6 aromatic rings. The molecular formula is C39H34N4. The van der Waals surface area contributed by atoms with Crippen LogP contribution in [0.4, 0.5) is 34.1 Å². The van der Waals surface area contributed by atoms with Crippen LogP contribution in [0.1, 0.15) is 18.3 Å². The van der Waals surface area contributed by atoms with Gasteiger partial charge in [-0.25, -0.2) is 4.98 Å². The third-order valence-corrected chi connectivity index (χ3v) is 8.02. The molecule has 1 aromatic heterocycles. The lowest BCUT2D eigenvalue weighted by Crippen LogP contribution is -2.12. The van der Waals surface area contributed by atoms with Crippen molar-refractivity contribution in [2.75, 3.05) is 9.80 Å². The highest BCUT2D eigenvalue weighted by atomic mass is 15.2. The second-order valence-electron chi connectivity index (χ2n) is 11.2. The van der Waals surface area contributed by atoms with E-state index in [4.69, 9.17) is 4.98 Å². The van der Waals surface area contributed by atoms with Crippen molar-refractivity contribution in [3.8, 4) is 11.3 Å². The molecule has 1 aliphatic rings. The van der Waals surface area contributed by atoms with E-state index in [1.807, 2.05) is 0 Å². The van der Waals surface area contributed by atoms with E-state index in [2.05, 4.69) is 180 Å². The molecular weight excluding hydrogens is 524 g/mol. The SMILES string of the molecule is Cc1cc(N(c2ccccc2)c2ccc(N(c3ccccc3)c3ccccc3)cc2)ccc1-c1cn2c(n1)C=CC(C)C2. The molecule has 2 heterocycles. The Labute approximate surface area is 253 Å². The Morgan fingerprint density at radius 3 is 1.58 bits per heavy atom. The molecule has 5 aromatic carbocycles. The fourth-order valence-electron chi connectivity index (χ4n) is 5.91. The highest BCUT2D eigenvalue weighted by molar-refractivity contribution is 5.82. The predicted molar refractivity (Wildman–Crippen MR) is 180 cm³/mol. The summed E-state index contributed by atoms with van der Waals surface area (Å²) in [7, 11) is 0. The standard InChI is InChI=1S/C39H34N4/c1-29-18-25-39-40-38(28-41(39)27-29)37-24-23-36(26-30(37)2)43(33-16-10-5-11-17-33)35-21-19-34(20-22-35)42(31-12-6-3-7-13-31)32-14-8-4-9-15-32/h3-26,28-29H,27H2,1-2H3. The van der Waals surface area contributed by atoms with Gasteiger partial charge in [-0.15, -0.1) is 0 Å². The van der Waals surface area contributed by atoms with E-state index in [9.17, 15) is 0 Å². The van der Waals surface area contributed by atoms with E-state index in [1.165, 1.54) is 5.56 Å². The Bertz CT molecular complexity index is 1820. The third kappa shape index (κ3) is 5.35. The number of aromatic nitrogens is 2. The summed E-state index contributed by atoms with van der Waals surface area (Å²) in [6, 6.07) is 47.1. The number of hydrogen-bond donors (Lipinski definition) is 0. The summed E-state index contributed by atoms with van der Waals surface area (Å²) < 4.78 is 2.26. The Morgan fingerprint density at radius 2 is 1.07 bits per heavy atom. The van der Waals surface area contributed by atoms with Crippen molar-refractivity contribution in [1.82, 2.24) is 9.55 Å². The van der Waals surface area contributed by atoms with Crippen LogP contribution >= 0.6 is 0 Å². The van der Waals surface area contributed by atoms with E-state index < -0.39 is 0 Å². The van der Waals surface area contributed by atoms with Crippen molar-refractivity contribution >= 4 is 40.2 Å². The minimum atomic E-state index is 0.524. The van der Waals surface area contributed by atoms with E-state index in [0.29, 0.717) is 5.92 Å². The van der Waals surface area contributed by atoms with Gasteiger partial charge in [0.25, 0.3) is 0 Å². The zero-order chi connectivity index (χ0) is 29.2. The summed E-state index contributed by atoms with van der Waals surface area (Å²) in [5.74, 6) is 1.55. The average molecular weight is 559 g/mol. The fraction of sp³-hybridized carbons (Fsp3) is 0.103. The first-order valence-electron chi connectivity index (χ1n) is 14.9. The van der Waals surface area contributed by atoms with Gasteiger partial charge in [-0.3, -0.25) is 0 Å². The van der Waals surface area contributed by atoms with Crippen LogP contribution in [0.5, 0.6) is 0 Å². The van der Waals surface area contributed by atoms with Crippen molar-refractivity contribution in [2.24, 2.45) is 5.92 Å². The molecule has 0 radical (unpaired) electrons. The van der Waals surface area contributed by atoms with Crippen LogP contribution in [0.25, 0.3) is 17.3 Å². The number of nitrogens with zero attached hydrogens (tertiary/aromatic N) is 4. The minimum Gasteiger partial charge on any atom is -0.330 e. The number of para-hydroxylation sites is 3. The summed E-state index contributed by atoms with van der Waals surface area (Å²) in [6.45, 7) is 5.39. The lowest BCUT2D eigenvalue weighted by atomic mass is 10.0. The van der Waals surface area contributed by atoms with Crippen molar-refractivity contribution in [2.45, 2.75) is 20.4 Å². The lowest BCUT2D eigenvalue weighted by Gasteiger charge is -2.28. The number of rotatable bonds is 7. The molecule has 1 unspecified atom stereocenters. The minimum absolute atomic E-state index is 0.524. The molecule has 43 heavy (non-hydrogen) atoms. The molecule has 0 aliphatic carbocycles. The van der Waals surface area contributed by atoms with Gasteiger partial charge in [0.15, 0.2) is 0 Å². The van der Waals surface area contributed by atoms with Gasteiger partial charge in [0.05, 0.1) is 5.69 Å². The van der Waals surface area contributed by atoms with E-state index in [-0.39, 0.29) is 0 Å². The Kier molecular flexibility index (Phi) is 7.10. The number of aryl methyl sites for hydroxylation is 1. The molecule has 0 fully saturated rings. The molecule has 210 valence electrons. The second-order valence-corrected chi connectivity index (χ2v) is 11.2. The van der Waals surface area contributed by atoms with E-state index in [1.54, 1.807) is 0 Å². The normalized spacial score (nSPS) is 13.9. The Balaban J connectivity index is 1.26. The Morgan fingerprint density at radius 1 is 0.605 bits per heavy atom. The highest BCUT2D eigenvalue weighted by Gasteiger charge is 2.18. The quantitative estimate of drug-likeness (QED) is 0.195. The van der Waals surface area contributed by atoms with Gasteiger partial charge >= 0.3 is 0 Å². The highest BCUT2D eigenvalue weighted by Crippen LogP contribution is 2.40. The summed E-state index contributed by atoms with van der Waals surface area (Å²) in [5, 5.41) is 0. The monoisotopic (exact) mass is 558 g/mol. The van der Waals surface area contributed by atoms with Crippen LogP contribution in [0.3, 0.4) is 0 Å². The fourth-order valence-corrected chi connectivity index (χ4v) is 5.91. The summed E-state index contributed by atoms with van der Waals surface area (Å²) in [5.41, 5.74) is 10.1. The first-order valence-corrected chi connectivity index (χ1v) is 14.9. The molecule has 1 atom stereocenters. The maximum absolute atomic E-state index is 4.94. The number of allylic oxidation sites excluding steroid dienone is 1. The van der Waals surface area contributed by atoms with Gasteiger partial charge < -0.3 is 14.4 Å². The van der Waals surface area contributed by atoms with Crippen molar-refractivity contribution < 1.29 is 0 Å². The number of imidazole rings is 1. The van der Waals surface area contributed by atoms with Crippen LogP contribution in [0.15, 0.2) is 146 Å². The zero-order valence-corrected chi connectivity index (χ0v) is 24.5. The molecule has 0 bridgehead atoms. The molecule has 1 aliphatic heterocycles. The average Bonchev–Trinajstić information content (AvgIpc) is 3.47. The van der Waals surface area contributed by atoms with Crippen LogP contribution < -0.4 is 9.80 Å². The van der Waals surface area contributed by atoms with Crippen molar-refractivity contribution in [1.29, 1.82) is 0 Å². The van der Waals surface area contributed by atoms with E-state index in [0.717, 1.165) is 57.8 Å². The van der Waals surface area contributed by atoms with Crippen LogP contribution in [-0.4, -0.2) is 9.55 Å². The maximum atomic E-state index is 4.94. The van der Waals surface area contributed by atoms with Crippen LogP contribution in [-0.2, 0) is 6.54 Å². The van der Waals surface area contributed by atoms with Crippen LogP contribution in [0.2, 0.25) is 0 Å². The number of fused-ring (bicyclic) bond motifs is 1. The van der Waals surface area contributed by atoms with Gasteiger partial charge in [-0.1, -0.05) is 73.7 Å². The molecule has 4 heteroatoms. The van der Waals surface area contributed by atoms with Gasteiger partial charge in [0.1, 0.15) is 5.82 Å². The van der Waals surface area contributed by atoms with Gasteiger partial charge in [0.2, 0.25) is 0 Å². The molecule has 0 N–H and O–H groups in total. The van der Waals surface area contributed by atoms with Gasteiger partial charge in [0, 0.05) is 52.4 Å². The van der Waals surface area contributed by atoms with E-state index >= 15 is 0 Å². The summed E-state index contributed by atoms with van der Waals surface area (Å²) in [4.78, 5) is 9.55. The van der Waals surface area contributed by atoms with Gasteiger partial charge in [-0.05, 0) is 97.3 Å². The maximum Gasteiger partial charge on any atom is 0.133 e. The van der Waals surface area contributed by atoms with Crippen LogP contribution in [0, 0.1) is 12.8 Å². The summed E-state index contributed by atoms with van der Waals surface area (Å²) in [6.07, 6.45) is 6.57. The Hall–Kier alpha value is -5.35. The smallest absolute Gasteiger partial charge is 0.133 e. The largest absolute Gasteiger partial charge is 0.330 e. The molecule has 0 spiro atoms. The van der Waals surface area contributed by atoms with Gasteiger partial charge in [-0.2, -0.15) is 0 Å². The topological polar surface area (TPSA) is 24.3 Å². The summed E-state index contributed by atoms with van der Waals surface area (Å²) >= 11 is 0. The molecule has 0 saturated heterocycles. The number of hydrogen-bond acceptors (Lipinski definition) is 3. The second kappa shape index (κ2) is 11.5. The molecule has 4 nitrogen and oxygen atoms in total. The van der Waals surface area contributed by atoms with Crippen molar-refractivity contribution in [3.05, 3.63) is 157 Å². The van der Waals surface area contributed by atoms with Crippen molar-refractivity contribution in [3.63, 3.8) is 0 Å². The molecule has 0 amide bonds. The predicted octanol–water partition coefficient (Wildman–Crippen LogP) is 10.5. The number of benzene rings is 5. The molecule has 7 rings (SSSR count). The first kappa shape index (κ1) is 26.5. The zero-order valence-electron chi connectivity index (χ0n) is 24.5. The lowest BCUT2D eigenvalue weighted by molar-refractivity contribution is 0.556. The number of anilines is 6. The third-order valence-electron chi connectivity index (χ3n) is 8.02. The first-order chi connectivity index (χ1) is 21.1.